The number of rotatable bonds is 1. The molecular weight excluding hydrogens is 245 g/mol. The van der Waals surface area contributed by atoms with Gasteiger partial charge >= 0.3 is 6.03 Å². The van der Waals surface area contributed by atoms with Crippen molar-refractivity contribution in [2.75, 3.05) is 11.9 Å². The number of amides is 2. The molecule has 0 saturated heterocycles. The van der Waals surface area contributed by atoms with Crippen LogP contribution in [0.5, 0.6) is 0 Å². The SMILES string of the molecule is O=C1NCCc2cc(-c3cncc(F)c3)ccc2N1. The van der Waals surface area contributed by atoms with Gasteiger partial charge < -0.3 is 10.6 Å². The Morgan fingerprint density at radius 3 is 2.89 bits per heavy atom. The second-order valence-corrected chi connectivity index (χ2v) is 4.39. The van der Waals surface area contributed by atoms with Crippen molar-refractivity contribution in [3.8, 4) is 11.1 Å². The number of benzene rings is 1. The summed E-state index contributed by atoms with van der Waals surface area (Å²) in [6, 6.07) is 6.89. The lowest BCUT2D eigenvalue weighted by Crippen LogP contribution is -2.27. The summed E-state index contributed by atoms with van der Waals surface area (Å²) in [5.41, 5.74) is 3.44. The van der Waals surface area contributed by atoms with Crippen molar-refractivity contribution < 1.29 is 9.18 Å². The number of carbonyl (C=O) groups is 1. The molecule has 0 radical (unpaired) electrons. The Morgan fingerprint density at radius 1 is 1.16 bits per heavy atom. The van der Waals surface area contributed by atoms with Gasteiger partial charge in [0.1, 0.15) is 5.82 Å². The normalized spacial score (nSPS) is 14.1. The van der Waals surface area contributed by atoms with E-state index in [4.69, 9.17) is 0 Å². The quantitative estimate of drug-likeness (QED) is 0.825. The standard InChI is InChI=1S/C14H12FN3O/c15-12-6-11(7-16-8-12)9-1-2-13-10(5-9)3-4-17-14(19)18-13/h1-2,5-8H,3-4H2,(H2,17,18,19). The molecule has 1 aliphatic rings. The zero-order chi connectivity index (χ0) is 13.2. The van der Waals surface area contributed by atoms with Crippen LogP contribution in [0.4, 0.5) is 14.9 Å². The summed E-state index contributed by atoms with van der Waals surface area (Å²) < 4.78 is 13.2. The summed E-state index contributed by atoms with van der Waals surface area (Å²) in [7, 11) is 0. The first kappa shape index (κ1) is 11.6. The maximum Gasteiger partial charge on any atom is 0.319 e. The van der Waals surface area contributed by atoms with Crippen LogP contribution < -0.4 is 10.6 Å². The van der Waals surface area contributed by atoms with E-state index in [0.717, 1.165) is 28.8 Å². The van der Waals surface area contributed by atoms with Gasteiger partial charge in [0, 0.05) is 24.0 Å². The number of nitrogens with one attached hydrogen (secondary N) is 2. The number of pyridine rings is 1. The molecule has 5 heteroatoms. The minimum absolute atomic E-state index is 0.195. The van der Waals surface area contributed by atoms with Gasteiger partial charge in [-0.2, -0.15) is 0 Å². The minimum atomic E-state index is -0.359. The number of hydrogen-bond acceptors (Lipinski definition) is 2. The number of anilines is 1. The van der Waals surface area contributed by atoms with Crippen LogP contribution in [0, 0.1) is 5.82 Å². The van der Waals surface area contributed by atoms with Crippen molar-refractivity contribution >= 4 is 11.7 Å². The molecule has 0 fully saturated rings. The highest BCUT2D eigenvalue weighted by Gasteiger charge is 2.12. The summed E-state index contributed by atoms with van der Waals surface area (Å²) in [6.07, 6.45) is 3.54. The zero-order valence-corrected chi connectivity index (χ0v) is 10.1. The molecule has 2 amide bonds. The van der Waals surface area contributed by atoms with Crippen LogP contribution >= 0.6 is 0 Å². The van der Waals surface area contributed by atoms with Gasteiger partial charge in [0.15, 0.2) is 0 Å². The Kier molecular flexibility index (Phi) is 2.87. The molecule has 0 atom stereocenters. The number of halogens is 1. The Balaban J connectivity index is 2.01. The van der Waals surface area contributed by atoms with Crippen LogP contribution in [0.2, 0.25) is 0 Å². The van der Waals surface area contributed by atoms with Crippen molar-refractivity contribution in [1.82, 2.24) is 10.3 Å². The van der Waals surface area contributed by atoms with Crippen molar-refractivity contribution in [3.05, 3.63) is 48.0 Å². The Hall–Kier alpha value is -2.43. The van der Waals surface area contributed by atoms with Crippen LogP contribution in [0.25, 0.3) is 11.1 Å². The predicted octanol–water partition coefficient (Wildman–Crippen LogP) is 2.57. The first-order valence-electron chi connectivity index (χ1n) is 6.01. The predicted molar refractivity (Wildman–Crippen MR) is 70.4 cm³/mol. The van der Waals surface area contributed by atoms with Crippen molar-refractivity contribution in [2.45, 2.75) is 6.42 Å². The molecule has 1 aliphatic heterocycles. The maximum absolute atomic E-state index is 13.2. The molecule has 0 bridgehead atoms. The highest BCUT2D eigenvalue weighted by atomic mass is 19.1. The van der Waals surface area contributed by atoms with Crippen LogP contribution in [-0.2, 0) is 6.42 Å². The van der Waals surface area contributed by atoms with E-state index >= 15 is 0 Å². The highest BCUT2D eigenvalue weighted by Crippen LogP contribution is 2.26. The molecule has 2 aromatic rings. The molecular formula is C14H12FN3O. The fourth-order valence-corrected chi connectivity index (χ4v) is 2.15. The minimum Gasteiger partial charge on any atom is -0.338 e. The third-order valence-corrected chi connectivity index (χ3v) is 3.07. The van der Waals surface area contributed by atoms with Gasteiger partial charge in [0.05, 0.1) is 6.20 Å². The molecule has 1 aromatic heterocycles. The average Bonchev–Trinajstić information content (AvgIpc) is 2.58. The fraction of sp³-hybridized carbons (Fsp3) is 0.143. The Bertz CT molecular complexity index is 642. The number of fused-ring (bicyclic) bond motifs is 1. The summed E-state index contributed by atoms with van der Waals surface area (Å²) in [6.45, 7) is 0.587. The van der Waals surface area contributed by atoms with E-state index in [1.807, 2.05) is 18.2 Å². The van der Waals surface area contributed by atoms with E-state index < -0.39 is 0 Å². The molecule has 3 rings (SSSR count). The summed E-state index contributed by atoms with van der Waals surface area (Å²) >= 11 is 0. The number of hydrogen-bond donors (Lipinski definition) is 2. The fourth-order valence-electron chi connectivity index (χ4n) is 2.15. The van der Waals surface area contributed by atoms with Gasteiger partial charge in [-0.25, -0.2) is 9.18 Å². The molecule has 0 aliphatic carbocycles. The van der Waals surface area contributed by atoms with Gasteiger partial charge in [-0.15, -0.1) is 0 Å². The largest absolute Gasteiger partial charge is 0.338 e. The van der Waals surface area contributed by atoms with Crippen LogP contribution in [0.15, 0.2) is 36.7 Å². The molecule has 2 N–H and O–H groups in total. The second kappa shape index (κ2) is 4.68. The van der Waals surface area contributed by atoms with Crippen molar-refractivity contribution in [3.63, 3.8) is 0 Å². The number of carbonyl (C=O) groups excluding carboxylic acids is 1. The van der Waals surface area contributed by atoms with E-state index in [1.54, 1.807) is 6.20 Å². The lowest BCUT2D eigenvalue weighted by molar-refractivity contribution is 0.252. The van der Waals surface area contributed by atoms with E-state index in [0.29, 0.717) is 6.54 Å². The van der Waals surface area contributed by atoms with Gasteiger partial charge in [0.2, 0.25) is 0 Å². The number of nitrogens with zero attached hydrogens (tertiary/aromatic N) is 1. The maximum atomic E-state index is 13.2. The van der Waals surface area contributed by atoms with E-state index in [2.05, 4.69) is 15.6 Å². The number of urea groups is 1. The second-order valence-electron chi connectivity index (χ2n) is 4.39. The average molecular weight is 257 g/mol. The van der Waals surface area contributed by atoms with Gasteiger partial charge in [-0.3, -0.25) is 4.98 Å². The van der Waals surface area contributed by atoms with E-state index in [1.165, 1.54) is 12.3 Å². The van der Waals surface area contributed by atoms with Crippen LogP contribution in [-0.4, -0.2) is 17.6 Å². The molecule has 19 heavy (non-hydrogen) atoms. The molecule has 0 saturated carbocycles. The summed E-state index contributed by atoms with van der Waals surface area (Å²) in [5, 5.41) is 5.51. The van der Waals surface area contributed by atoms with Crippen molar-refractivity contribution in [2.24, 2.45) is 0 Å². The first-order valence-corrected chi connectivity index (χ1v) is 6.01. The van der Waals surface area contributed by atoms with Gasteiger partial charge in [-0.1, -0.05) is 6.07 Å². The third kappa shape index (κ3) is 2.40. The van der Waals surface area contributed by atoms with E-state index in [-0.39, 0.29) is 11.8 Å². The molecule has 0 unspecified atom stereocenters. The highest BCUT2D eigenvalue weighted by molar-refractivity contribution is 5.91. The van der Waals surface area contributed by atoms with Gasteiger partial charge in [-0.05, 0) is 35.7 Å². The molecule has 4 nitrogen and oxygen atoms in total. The first-order chi connectivity index (χ1) is 9.22. The molecule has 0 spiro atoms. The number of aromatic nitrogens is 1. The Labute approximate surface area is 109 Å². The topological polar surface area (TPSA) is 54.0 Å². The third-order valence-electron chi connectivity index (χ3n) is 3.07. The zero-order valence-electron chi connectivity index (χ0n) is 10.1. The summed E-state index contributed by atoms with van der Waals surface area (Å²) in [4.78, 5) is 15.2. The molecule has 1 aromatic carbocycles. The lowest BCUT2D eigenvalue weighted by atomic mass is 10.0. The van der Waals surface area contributed by atoms with Crippen LogP contribution in [0.3, 0.4) is 0 Å². The van der Waals surface area contributed by atoms with Crippen molar-refractivity contribution in [1.29, 1.82) is 0 Å². The molecule has 96 valence electrons. The molecule has 2 heterocycles. The van der Waals surface area contributed by atoms with Gasteiger partial charge in [0.25, 0.3) is 0 Å². The Morgan fingerprint density at radius 2 is 2.05 bits per heavy atom. The smallest absolute Gasteiger partial charge is 0.319 e. The lowest BCUT2D eigenvalue weighted by Gasteiger charge is -2.08. The monoisotopic (exact) mass is 257 g/mol. The summed E-state index contributed by atoms with van der Waals surface area (Å²) in [5.74, 6) is -0.359. The van der Waals surface area contributed by atoms with Crippen LogP contribution in [0.1, 0.15) is 5.56 Å². The van der Waals surface area contributed by atoms with E-state index in [9.17, 15) is 9.18 Å².